The number of halogens is 1. The quantitative estimate of drug-likeness (QED) is 0.695. The van der Waals surface area contributed by atoms with E-state index in [0.29, 0.717) is 31.9 Å². The van der Waals surface area contributed by atoms with Crippen LogP contribution in [0.3, 0.4) is 0 Å². The summed E-state index contributed by atoms with van der Waals surface area (Å²) in [6.45, 7) is 1.45. The van der Waals surface area contributed by atoms with Crippen LogP contribution in [-0.4, -0.2) is 40.1 Å². The van der Waals surface area contributed by atoms with E-state index in [0.717, 1.165) is 24.2 Å². The molecule has 0 spiro atoms. The SMILES string of the molecule is O=C(NCCc1ccc2c(c1)OCCO2)c1ccc(Cl)c(S(=O)(=O)NC2CC2)c1. The summed E-state index contributed by atoms with van der Waals surface area (Å²) in [6.07, 6.45) is 2.23. The van der Waals surface area contributed by atoms with E-state index >= 15 is 0 Å². The summed E-state index contributed by atoms with van der Waals surface area (Å²) in [7, 11) is -3.74. The molecule has 9 heteroatoms. The van der Waals surface area contributed by atoms with Crippen LogP contribution >= 0.6 is 11.6 Å². The van der Waals surface area contributed by atoms with Gasteiger partial charge in [0.25, 0.3) is 5.91 Å². The molecule has 4 rings (SSSR count). The van der Waals surface area contributed by atoms with Crippen molar-refractivity contribution in [2.45, 2.75) is 30.2 Å². The maximum Gasteiger partial charge on any atom is 0.251 e. The summed E-state index contributed by atoms with van der Waals surface area (Å²) >= 11 is 6.06. The first-order chi connectivity index (χ1) is 13.9. The maximum atomic E-state index is 12.5. The molecule has 1 aliphatic carbocycles. The second kappa shape index (κ2) is 8.22. The van der Waals surface area contributed by atoms with E-state index in [1.165, 1.54) is 18.2 Å². The van der Waals surface area contributed by atoms with Crippen molar-refractivity contribution in [2.24, 2.45) is 0 Å². The average molecular weight is 437 g/mol. The summed E-state index contributed by atoms with van der Waals surface area (Å²) in [4.78, 5) is 12.4. The molecule has 1 saturated carbocycles. The van der Waals surface area contributed by atoms with E-state index in [4.69, 9.17) is 21.1 Å². The highest BCUT2D eigenvalue weighted by Crippen LogP contribution is 2.31. The van der Waals surface area contributed by atoms with Crippen molar-refractivity contribution in [1.29, 1.82) is 0 Å². The Bertz CT molecular complexity index is 1040. The predicted octanol–water partition coefficient (Wildman–Crippen LogP) is 2.52. The molecule has 1 heterocycles. The van der Waals surface area contributed by atoms with Gasteiger partial charge in [0.05, 0.1) is 5.02 Å². The lowest BCUT2D eigenvalue weighted by molar-refractivity contribution is 0.0954. The van der Waals surface area contributed by atoms with Crippen molar-refractivity contribution in [2.75, 3.05) is 19.8 Å². The monoisotopic (exact) mass is 436 g/mol. The number of hydrogen-bond donors (Lipinski definition) is 2. The fourth-order valence-corrected chi connectivity index (χ4v) is 4.83. The number of amides is 1. The van der Waals surface area contributed by atoms with Gasteiger partial charge in [-0.3, -0.25) is 4.79 Å². The smallest absolute Gasteiger partial charge is 0.251 e. The Kier molecular flexibility index (Phi) is 5.67. The van der Waals surface area contributed by atoms with Crippen LogP contribution in [-0.2, 0) is 16.4 Å². The number of sulfonamides is 1. The fourth-order valence-electron chi connectivity index (χ4n) is 3.00. The van der Waals surface area contributed by atoms with E-state index in [2.05, 4.69) is 10.0 Å². The van der Waals surface area contributed by atoms with Gasteiger partial charge in [-0.25, -0.2) is 13.1 Å². The molecule has 29 heavy (non-hydrogen) atoms. The number of rotatable bonds is 7. The van der Waals surface area contributed by atoms with Crippen molar-refractivity contribution in [3.8, 4) is 11.5 Å². The van der Waals surface area contributed by atoms with Gasteiger partial charge in [-0.05, 0) is 55.2 Å². The number of fused-ring (bicyclic) bond motifs is 1. The van der Waals surface area contributed by atoms with E-state index < -0.39 is 10.0 Å². The second-order valence-corrected chi connectivity index (χ2v) is 9.11. The van der Waals surface area contributed by atoms with E-state index in [1.807, 2.05) is 18.2 Å². The van der Waals surface area contributed by atoms with Crippen molar-refractivity contribution in [1.82, 2.24) is 10.0 Å². The number of carbonyl (C=O) groups excluding carboxylic acids is 1. The Labute approximate surface area is 174 Å². The minimum absolute atomic E-state index is 0.0421. The third-order valence-electron chi connectivity index (χ3n) is 4.69. The highest BCUT2D eigenvalue weighted by Gasteiger charge is 2.29. The molecule has 0 bridgehead atoms. The van der Waals surface area contributed by atoms with Crippen molar-refractivity contribution in [3.63, 3.8) is 0 Å². The molecule has 2 aromatic carbocycles. The summed E-state index contributed by atoms with van der Waals surface area (Å²) in [5.41, 5.74) is 1.25. The van der Waals surface area contributed by atoms with Gasteiger partial charge in [-0.2, -0.15) is 0 Å². The molecular formula is C20H21ClN2O5S. The molecule has 1 fully saturated rings. The first-order valence-electron chi connectivity index (χ1n) is 9.41. The third-order valence-corrected chi connectivity index (χ3v) is 6.69. The second-order valence-electron chi connectivity index (χ2n) is 7.02. The first-order valence-corrected chi connectivity index (χ1v) is 11.3. The summed E-state index contributed by atoms with van der Waals surface area (Å²) in [5, 5.41) is 2.90. The van der Waals surface area contributed by atoms with Gasteiger partial charge in [0.15, 0.2) is 11.5 Å². The molecule has 0 aromatic heterocycles. The Morgan fingerprint density at radius 2 is 1.83 bits per heavy atom. The van der Waals surface area contributed by atoms with Crippen LogP contribution in [0.4, 0.5) is 0 Å². The van der Waals surface area contributed by atoms with Gasteiger partial charge in [0.2, 0.25) is 10.0 Å². The molecular weight excluding hydrogens is 416 g/mol. The molecule has 154 valence electrons. The Morgan fingerprint density at radius 3 is 2.59 bits per heavy atom. The molecule has 2 aliphatic rings. The minimum atomic E-state index is -3.74. The lowest BCUT2D eigenvalue weighted by Gasteiger charge is -2.18. The lowest BCUT2D eigenvalue weighted by atomic mass is 10.1. The van der Waals surface area contributed by atoms with Crippen LogP contribution < -0.4 is 19.5 Å². The molecule has 2 aromatic rings. The van der Waals surface area contributed by atoms with Gasteiger partial charge in [0, 0.05) is 18.2 Å². The number of ether oxygens (including phenoxy) is 2. The molecule has 0 atom stereocenters. The number of carbonyl (C=O) groups is 1. The summed E-state index contributed by atoms with van der Waals surface area (Å²) in [6, 6.07) is 9.89. The molecule has 1 amide bonds. The Hall–Kier alpha value is -2.29. The van der Waals surface area contributed by atoms with E-state index in [1.54, 1.807) is 0 Å². The van der Waals surface area contributed by atoms with Crippen molar-refractivity contribution < 1.29 is 22.7 Å². The zero-order chi connectivity index (χ0) is 20.4. The van der Waals surface area contributed by atoms with E-state index in [9.17, 15) is 13.2 Å². The molecule has 0 unspecified atom stereocenters. The third kappa shape index (κ3) is 4.83. The zero-order valence-electron chi connectivity index (χ0n) is 15.6. The number of nitrogens with one attached hydrogen (secondary N) is 2. The molecule has 0 radical (unpaired) electrons. The normalized spacial score (nSPS) is 15.8. The Balaban J connectivity index is 1.39. The van der Waals surface area contributed by atoms with Crippen LogP contribution in [0.25, 0.3) is 0 Å². The van der Waals surface area contributed by atoms with E-state index in [-0.39, 0.29) is 27.4 Å². The largest absolute Gasteiger partial charge is 0.486 e. The zero-order valence-corrected chi connectivity index (χ0v) is 17.2. The topological polar surface area (TPSA) is 93.7 Å². The van der Waals surface area contributed by atoms with Crippen molar-refractivity contribution in [3.05, 3.63) is 52.5 Å². The molecule has 0 saturated heterocycles. The molecule has 2 N–H and O–H groups in total. The Morgan fingerprint density at radius 1 is 1.07 bits per heavy atom. The van der Waals surface area contributed by atoms with Crippen LogP contribution in [0.15, 0.2) is 41.3 Å². The van der Waals surface area contributed by atoms with Gasteiger partial charge in [-0.15, -0.1) is 0 Å². The first kappa shape index (κ1) is 20.0. The predicted molar refractivity (Wildman–Crippen MR) is 108 cm³/mol. The number of benzene rings is 2. The maximum absolute atomic E-state index is 12.5. The van der Waals surface area contributed by atoms with Gasteiger partial charge in [0.1, 0.15) is 18.1 Å². The van der Waals surface area contributed by atoms with Crippen LogP contribution in [0.5, 0.6) is 11.5 Å². The minimum Gasteiger partial charge on any atom is -0.486 e. The fraction of sp³-hybridized carbons (Fsp3) is 0.350. The summed E-state index contributed by atoms with van der Waals surface area (Å²) in [5.74, 6) is 1.07. The standard InChI is InChI=1S/C20H21ClN2O5S/c21-16-5-2-14(12-19(16)29(25,26)23-15-3-4-15)20(24)22-8-7-13-1-6-17-18(11-13)28-10-9-27-17/h1-2,5-6,11-12,15,23H,3-4,7-10H2,(H,22,24). The van der Waals surface area contributed by atoms with Crippen LogP contribution in [0.2, 0.25) is 5.02 Å². The highest BCUT2D eigenvalue weighted by molar-refractivity contribution is 7.89. The van der Waals surface area contributed by atoms with Gasteiger partial charge in [-0.1, -0.05) is 17.7 Å². The molecule has 1 aliphatic heterocycles. The van der Waals surface area contributed by atoms with Crippen LogP contribution in [0.1, 0.15) is 28.8 Å². The number of hydrogen-bond acceptors (Lipinski definition) is 5. The molecule has 7 nitrogen and oxygen atoms in total. The van der Waals surface area contributed by atoms with Crippen LogP contribution in [0, 0.1) is 0 Å². The summed E-state index contributed by atoms with van der Waals surface area (Å²) < 4.78 is 38.5. The highest BCUT2D eigenvalue weighted by atomic mass is 35.5. The van der Waals surface area contributed by atoms with Gasteiger partial charge >= 0.3 is 0 Å². The lowest BCUT2D eigenvalue weighted by Crippen LogP contribution is -2.28. The van der Waals surface area contributed by atoms with Gasteiger partial charge < -0.3 is 14.8 Å². The van der Waals surface area contributed by atoms with Crippen molar-refractivity contribution >= 4 is 27.5 Å². The average Bonchev–Trinajstić information content (AvgIpc) is 3.51.